The standard InChI is InChI=1S/C18H18F4N6O2.C13H13ClF2N4O2/c1-9(10-2-15(29)23-4-10)30-17-16-13(24-8-28(16)18(21)22)3-12(26-17)11-5-25-27(6-11)7-14(19)20;1-6(7-2-10(21)17-4-7)22-12-11-8(3-9(14)19-12)18-5-20(11)13(15)16/h3,5-6,8-10,14,18H,2,4,7H2,1H3,(H,23,29);3,5-7,13H,2,4H2,1H3,(H,17,21)/t9-,10-;6-,7-/m11/s1. The Balaban J connectivity index is 0.000000187. The van der Waals surface area contributed by atoms with Crippen LogP contribution >= 0.6 is 11.6 Å². The lowest BCUT2D eigenvalue weighted by Gasteiger charge is -2.20. The maximum Gasteiger partial charge on any atom is 0.320 e. The first-order valence-corrected chi connectivity index (χ1v) is 16.3. The number of rotatable bonds is 11. The van der Waals surface area contributed by atoms with Crippen LogP contribution in [0.2, 0.25) is 5.15 Å². The van der Waals surface area contributed by atoms with Gasteiger partial charge in [0.2, 0.25) is 23.6 Å². The molecule has 5 aromatic heterocycles. The molecule has 278 valence electrons. The summed E-state index contributed by atoms with van der Waals surface area (Å²) in [4.78, 5) is 39.0. The van der Waals surface area contributed by atoms with Crippen molar-refractivity contribution < 1.29 is 45.4 Å². The Labute approximate surface area is 295 Å². The van der Waals surface area contributed by atoms with Crippen LogP contribution in [0, 0.1) is 11.8 Å². The number of hydrogen-bond donors (Lipinski definition) is 2. The summed E-state index contributed by atoms with van der Waals surface area (Å²) < 4.78 is 92.2. The number of ether oxygens (including phenoxy) is 2. The lowest BCUT2D eigenvalue weighted by Crippen LogP contribution is -2.26. The third kappa shape index (κ3) is 8.00. The number of alkyl halides is 6. The summed E-state index contributed by atoms with van der Waals surface area (Å²) in [7, 11) is 0. The number of pyridine rings is 2. The van der Waals surface area contributed by atoms with Gasteiger partial charge in [0, 0.05) is 55.6 Å². The molecule has 21 heteroatoms. The maximum atomic E-state index is 13.4. The first-order chi connectivity index (χ1) is 24.8. The minimum absolute atomic E-state index is 0.00727. The van der Waals surface area contributed by atoms with Gasteiger partial charge < -0.3 is 20.1 Å². The number of aromatic nitrogens is 8. The lowest BCUT2D eigenvalue weighted by molar-refractivity contribution is -0.120. The van der Waals surface area contributed by atoms with Gasteiger partial charge in [-0.15, -0.1) is 0 Å². The van der Waals surface area contributed by atoms with Crippen molar-refractivity contribution in [3.05, 3.63) is 42.3 Å². The molecular formula is C31H31ClF6N10O4. The zero-order valence-electron chi connectivity index (χ0n) is 27.4. The van der Waals surface area contributed by atoms with Crippen LogP contribution in [0.15, 0.2) is 37.2 Å². The van der Waals surface area contributed by atoms with Crippen LogP contribution in [0.1, 0.15) is 39.8 Å². The normalized spacial score (nSPS) is 18.6. The maximum absolute atomic E-state index is 13.4. The number of nitrogens with zero attached hydrogens (tertiary/aromatic N) is 8. The Kier molecular flexibility index (Phi) is 10.7. The quantitative estimate of drug-likeness (QED) is 0.136. The summed E-state index contributed by atoms with van der Waals surface area (Å²) >= 11 is 5.88. The first kappa shape index (κ1) is 36.6. The molecular weight excluding hydrogens is 726 g/mol. The SMILES string of the molecule is C[C@@H](Oc1nc(-c2cnn(CC(F)F)c2)cc2ncn(C(F)F)c12)[C@H]1CNC(=O)C1.C[C@@H](Oc1nc(Cl)cc2ncn(C(F)F)c12)[C@H]1CNC(=O)C1. The first-order valence-electron chi connectivity index (χ1n) is 15.9. The zero-order chi connectivity index (χ0) is 37.3. The fourth-order valence-corrected chi connectivity index (χ4v) is 6.01. The van der Waals surface area contributed by atoms with E-state index < -0.39 is 32.2 Å². The van der Waals surface area contributed by atoms with Crippen LogP contribution in [0.4, 0.5) is 26.3 Å². The van der Waals surface area contributed by atoms with E-state index in [0.717, 1.165) is 17.3 Å². The van der Waals surface area contributed by atoms with E-state index in [2.05, 4.69) is 35.7 Å². The van der Waals surface area contributed by atoms with Gasteiger partial charge in [-0.25, -0.2) is 23.7 Å². The summed E-state index contributed by atoms with van der Waals surface area (Å²) in [5.74, 6) is -0.435. The highest BCUT2D eigenvalue weighted by Gasteiger charge is 2.31. The smallest absolute Gasteiger partial charge is 0.320 e. The van der Waals surface area contributed by atoms with Crippen molar-refractivity contribution in [3.63, 3.8) is 0 Å². The van der Waals surface area contributed by atoms with Crippen LogP contribution < -0.4 is 20.1 Å². The van der Waals surface area contributed by atoms with Crippen LogP contribution in [0.25, 0.3) is 33.3 Å². The molecule has 0 aromatic carbocycles. The molecule has 4 atom stereocenters. The van der Waals surface area contributed by atoms with E-state index in [1.165, 1.54) is 24.5 Å². The van der Waals surface area contributed by atoms with E-state index in [0.29, 0.717) is 39.9 Å². The fraction of sp³-hybridized carbons (Fsp3) is 0.452. The minimum atomic E-state index is -2.86. The van der Waals surface area contributed by atoms with Crippen molar-refractivity contribution in [2.45, 2.75) is 65.0 Å². The molecule has 2 saturated heterocycles. The van der Waals surface area contributed by atoms with Crippen molar-refractivity contribution in [2.24, 2.45) is 11.8 Å². The molecule has 0 unspecified atom stereocenters. The number of fused-ring (bicyclic) bond motifs is 2. The zero-order valence-corrected chi connectivity index (χ0v) is 28.2. The van der Waals surface area contributed by atoms with E-state index in [4.69, 9.17) is 21.1 Å². The van der Waals surface area contributed by atoms with Crippen molar-refractivity contribution in [1.82, 2.24) is 49.5 Å². The van der Waals surface area contributed by atoms with Crippen molar-refractivity contribution in [2.75, 3.05) is 13.1 Å². The molecule has 0 saturated carbocycles. The van der Waals surface area contributed by atoms with Crippen LogP contribution in [-0.4, -0.2) is 82.4 Å². The summed E-state index contributed by atoms with van der Waals surface area (Å²) in [5.41, 5.74) is 1.30. The van der Waals surface area contributed by atoms with Gasteiger partial charge in [0.25, 0.3) is 6.43 Å². The molecule has 7 rings (SSSR count). The molecule has 2 N–H and O–H groups in total. The number of halogens is 7. The predicted molar refractivity (Wildman–Crippen MR) is 172 cm³/mol. The Bertz CT molecular complexity index is 2070. The van der Waals surface area contributed by atoms with Crippen LogP contribution in [0.5, 0.6) is 11.8 Å². The summed E-state index contributed by atoms with van der Waals surface area (Å²) in [6, 6.07) is 2.87. The molecule has 2 fully saturated rings. The van der Waals surface area contributed by atoms with E-state index in [1.54, 1.807) is 13.8 Å². The van der Waals surface area contributed by atoms with Gasteiger partial charge in [-0.2, -0.15) is 27.6 Å². The Morgan fingerprint density at radius 2 is 1.35 bits per heavy atom. The van der Waals surface area contributed by atoms with Gasteiger partial charge in [0.15, 0.2) is 0 Å². The molecule has 2 aliphatic rings. The van der Waals surface area contributed by atoms with Gasteiger partial charge in [0.1, 0.15) is 47.6 Å². The number of carbonyl (C=O) groups excluding carboxylic acids is 2. The van der Waals surface area contributed by atoms with E-state index in [1.807, 2.05) is 0 Å². The van der Waals surface area contributed by atoms with Gasteiger partial charge in [0.05, 0.1) is 22.9 Å². The molecule has 0 bridgehead atoms. The molecule has 14 nitrogen and oxygen atoms in total. The van der Waals surface area contributed by atoms with Gasteiger partial charge in [-0.3, -0.25) is 23.4 Å². The Morgan fingerprint density at radius 3 is 1.83 bits per heavy atom. The number of amides is 2. The second kappa shape index (κ2) is 15.2. The van der Waals surface area contributed by atoms with Crippen LogP contribution in [0.3, 0.4) is 0 Å². The summed E-state index contributed by atoms with van der Waals surface area (Å²) in [6.07, 6.45) is 1.90. The highest BCUT2D eigenvalue weighted by Crippen LogP contribution is 2.34. The third-order valence-electron chi connectivity index (χ3n) is 8.62. The lowest BCUT2D eigenvalue weighted by atomic mass is 10.0. The van der Waals surface area contributed by atoms with Gasteiger partial charge in [-0.1, -0.05) is 11.6 Å². The second-order valence-electron chi connectivity index (χ2n) is 12.2. The molecule has 7 heterocycles. The molecule has 0 radical (unpaired) electrons. The number of nitrogens with one attached hydrogen (secondary N) is 2. The third-order valence-corrected chi connectivity index (χ3v) is 8.82. The molecule has 2 amide bonds. The Hall–Kier alpha value is -5.14. The number of carbonyl (C=O) groups is 2. The molecule has 2 aliphatic heterocycles. The highest BCUT2D eigenvalue weighted by molar-refractivity contribution is 6.30. The van der Waals surface area contributed by atoms with Gasteiger partial charge in [-0.05, 0) is 19.9 Å². The molecule has 5 aromatic rings. The van der Waals surface area contributed by atoms with Crippen molar-refractivity contribution >= 4 is 45.5 Å². The summed E-state index contributed by atoms with van der Waals surface area (Å²) in [5, 5.41) is 9.39. The minimum Gasteiger partial charge on any atom is -0.473 e. The van der Waals surface area contributed by atoms with Crippen molar-refractivity contribution in [3.8, 4) is 23.0 Å². The highest BCUT2D eigenvalue weighted by atomic mass is 35.5. The molecule has 0 spiro atoms. The topological polar surface area (TPSA) is 156 Å². The van der Waals surface area contributed by atoms with Crippen molar-refractivity contribution in [1.29, 1.82) is 0 Å². The second-order valence-corrected chi connectivity index (χ2v) is 12.6. The monoisotopic (exact) mass is 756 g/mol. The van der Waals surface area contributed by atoms with E-state index in [9.17, 15) is 35.9 Å². The summed E-state index contributed by atoms with van der Waals surface area (Å²) in [6.45, 7) is -1.80. The average molecular weight is 757 g/mol. The Morgan fingerprint density at radius 1 is 0.827 bits per heavy atom. The predicted octanol–water partition coefficient (Wildman–Crippen LogP) is 5.24. The molecule has 0 aliphatic carbocycles. The number of imidazole rings is 2. The van der Waals surface area contributed by atoms with E-state index >= 15 is 0 Å². The number of hydrogen-bond acceptors (Lipinski definition) is 9. The fourth-order valence-electron chi connectivity index (χ4n) is 5.83. The van der Waals surface area contributed by atoms with Gasteiger partial charge >= 0.3 is 13.1 Å². The van der Waals surface area contributed by atoms with E-state index in [-0.39, 0.29) is 75.2 Å². The largest absolute Gasteiger partial charge is 0.473 e. The average Bonchev–Trinajstić information content (AvgIpc) is 3.91. The van der Waals surface area contributed by atoms with Crippen LogP contribution in [-0.2, 0) is 16.1 Å². The molecule has 52 heavy (non-hydrogen) atoms.